The van der Waals surface area contributed by atoms with Crippen LogP contribution in [0, 0.1) is 0 Å². The number of benzene rings is 2. The number of ether oxygens (including phenoxy) is 2. The molecule has 0 aromatic heterocycles. The van der Waals surface area contributed by atoms with Crippen LogP contribution >= 0.6 is 0 Å². The number of hydrogen-bond acceptors (Lipinski definition) is 5. The quantitative estimate of drug-likeness (QED) is 0.624. The van der Waals surface area contributed by atoms with E-state index in [1.165, 1.54) is 43.2 Å². The number of carbonyl (C=O) groups is 1. The lowest BCUT2D eigenvalue weighted by Crippen LogP contribution is -2.54. The van der Waals surface area contributed by atoms with E-state index in [1.807, 2.05) is 18.2 Å². The van der Waals surface area contributed by atoms with Gasteiger partial charge in [-0.3, -0.25) is 14.6 Å². The van der Waals surface area contributed by atoms with Crippen molar-refractivity contribution >= 4 is 5.91 Å². The number of fused-ring (bicyclic) bond motifs is 1. The van der Waals surface area contributed by atoms with Crippen LogP contribution in [0.2, 0.25) is 0 Å². The Balaban J connectivity index is 1.18. The van der Waals surface area contributed by atoms with Crippen LogP contribution in [0.3, 0.4) is 0 Å². The Morgan fingerprint density at radius 1 is 0.886 bits per heavy atom. The van der Waals surface area contributed by atoms with Gasteiger partial charge in [-0.2, -0.15) is 0 Å². The fraction of sp³-hybridized carbons (Fsp3) is 0.552. The summed E-state index contributed by atoms with van der Waals surface area (Å²) in [6.07, 6.45) is 7.77. The van der Waals surface area contributed by atoms with Crippen molar-refractivity contribution < 1.29 is 14.3 Å². The molecule has 1 saturated carbocycles. The smallest absolute Gasteiger partial charge is 0.236 e. The van der Waals surface area contributed by atoms with E-state index < -0.39 is 0 Å². The number of nitrogens with zero attached hydrogens (tertiary/aromatic N) is 3. The Hall–Kier alpha value is -2.57. The molecule has 1 saturated heterocycles. The largest absolute Gasteiger partial charge is 0.497 e. The van der Waals surface area contributed by atoms with E-state index in [9.17, 15) is 4.79 Å². The minimum absolute atomic E-state index is 0.287. The van der Waals surface area contributed by atoms with E-state index in [1.54, 1.807) is 14.2 Å². The maximum atomic E-state index is 13.1. The Kier molecular flexibility index (Phi) is 7.59. The third kappa shape index (κ3) is 5.49. The number of methoxy groups -OCH3 is 2. The average molecular weight is 478 g/mol. The van der Waals surface area contributed by atoms with Gasteiger partial charge in [0.05, 0.1) is 20.8 Å². The topological polar surface area (TPSA) is 45.3 Å². The second kappa shape index (κ2) is 11.0. The molecule has 2 aromatic rings. The van der Waals surface area contributed by atoms with Gasteiger partial charge in [-0.1, -0.05) is 37.5 Å². The summed E-state index contributed by atoms with van der Waals surface area (Å²) in [6, 6.07) is 13.3. The van der Waals surface area contributed by atoms with Gasteiger partial charge in [0, 0.05) is 50.9 Å². The van der Waals surface area contributed by atoms with Crippen molar-refractivity contribution in [2.75, 3.05) is 53.5 Å². The first-order valence-corrected chi connectivity index (χ1v) is 13.2. The predicted octanol–water partition coefficient (Wildman–Crippen LogP) is 4.21. The summed E-state index contributed by atoms with van der Waals surface area (Å²) < 4.78 is 11.0. The third-order valence-corrected chi connectivity index (χ3v) is 8.13. The molecule has 0 unspecified atom stereocenters. The van der Waals surface area contributed by atoms with Crippen LogP contribution in [-0.4, -0.2) is 80.1 Å². The van der Waals surface area contributed by atoms with Crippen LogP contribution in [0.5, 0.6) is 11.5 Å². The molecule has 0 radical (unpaired) electrons. The molecule has 0 N–H and O–H groups in total. The lowest BCUT2D eigenvalue weighted by Gasteiger charge is -2.41. The molecule has 2 fully saturated rings. The van der Waals surface area contributed by atoms with Crippen molar-refractivity contribution in [3.63, 3.8) is 0 Å². The van der Waals surface area contributed by atoms with Gasteiger partial charge in [-0.25, -0.2) is 0 Å². The van der Waals surface area contributed by atoms with Gasteiger partial charge in [-0.15, -0.1) is 0 Å². The predicted molar refractivity (Wildman–Crippen MR) is 139 cm³/mol. The van der Waals surface area contributed by atoms with E-state index in [4.69, 9.17) is 9.47 Å². The van der Waals surface area contributed by atoms with Crippen LogP contribution in [0.1, 0.15) is 43.2 Å². The summed E-state index contributed by atoms with van der Waals surface area (Å²) in [5.41, 5.74) is 4.86. The Labute approximate surface area is 209 Å². The van der Waals surface area contributed by atoms with Gasteiger partial charge in [0.1, 0.15) is 11.5 Å². The SMILES string of the molecule is COc1ccc(OC)c(-c2ccc3c(c2)CCN(CC(=O)N2CCN(C4CCCCC4)CC2)C3)c1. The second-order valence-electron chi connectivity index (χ2n) is 10.2. The van der Waals surface area contributed by atoms with Crippen molar-refractivity contribution in [3.8, 4) is 22.6 Å². The average Bonchev–Trinajstić information content (AvgIpc) is 2.93. The summed E-state index contributed by atoms with van der Waals surface area (Å²) in [6.45, 7) is 6.11. The van der Waals surface area contributed by atoms with E-state index in [0.29, 0.717) is 6.54 Å². The van der Waals surface area contributed by atoms with E-state index in [2.05, 4.69) is 32.9 Å². The highest BCUT2D eigenvalue weighted by Gasteiger charge is 2.28. The maximum absolute atomic E-state index is 13.1. The van der Waals surface area contributed by atoms with E-state index in [-0.39, 0.29) is 5.91 Å². The maximum Gasteiger partial charge on any atom is 0.236 e. The van der Waals surface area contributed by atoms with Crippen molar-refractivity contribution in [1.29, 1.82) is 0 Å². The molecule has 3 aliphatic rings. The van der Waals surface area contributed by atoms with Crippen molar-refractivity contribution in [2.24, 2.45) is 0 Å². The summed E-state index contributed by atoms with van der Waals surface area (Å²) in [5, 5.41) is 0. The first-order valence-electron chi connectivity index (χ1n) is 13.2. The van der Waals surface area contributed by atoms with Gasteiger partial charge in [0.15, 0.2) is 0 Å². The third-order valence-electron chi connectivity index (χ3n) is 8.13. The van der Waals surface area contributed by atoms with Gasteiger partial charge in [0.2, 0.25) is 5.91 Å². The molecule has 35 heavy (non-hydrogen) atoms. The van der Waals surface area contributed by atoms with E-state index >= 15 is 0 Å². The fourth-order valence-electron chi connectivity index (χ4n) is 6.03. The molecule has 5 rings (SSSR count). The summed E-state index contributed by atoms with van der Waals surface area (Å²) in [5.74, 6) is 1.95. The second-order valence-corrected chi connectivity index (χ2v) is 10.2. The molecule has 1 aliphatic carbocycles. The molecule has 2 heterocycles. The van der Waals surface area contributed by atoms with Gasteiger partial charge in [-0.05, 0) is 54.2 Å². The molecular formula is C29H39N3O3. The van der Waals surface area contributed by atoms with Crippen LogP contribution in [0.4, 0.5) is 0 Å². The lowest BCUT2D eigenvalue weighted by molar-refractivity contribution is -0.134. The Bertz CT molecular complexity index is 1030. The van der Waals surface area contributed by atoms with E-state index in [0.717, 1.165) is 74.4 Å². The molecule has 0 spiro atoms. The van der Waals surface area contributed by atoms with Crippen LogP contribution in [0.25, 0.3) is 11.1 Å². The molecule has 2 aliphatic heterocycles. The van der Waals surface area contributed by atoms with Crippen molar-refractivity contribution in [2.45, 2.75) is 51.1 Å². The number of piperazine rings is 1. The van der Waals surface area contributed by atoms with Crippen LogP contribution < -0.4 is 9.47 Å². The molecular weight excluding hydrogens is 438 g/mol. The van der Waals surface area contributed by atoms with Crippen LogP contribution in [0.15, 0.2) is 36.4 Å². The monoisotopic (exact) mass is 477 g/mol. The van der Waals surface area contributed by atoms with Crippen molar-refractivity contribution in [1.82, 2.24) is 14.7 Å². The number of hydrogen-bond donors (Lipinski definition) is 0. The first-order chi connectivity index (χ1) is 17.1. The number of carbonyl (C=O) groups excluding carboxylic acids is 1. The molecule has 2 aromatic carbocycles. The lowest BCUT2D eigenvalue weighted by atomic mass is 9.93. The summed E-state index contributed by atoms with van der Waals surface area (Å²) >= 11 is 0. The minimum atomic E-state index is 0.287. The zero-order chi connectivity index (χ0) is 24.2. The highest BCUT2D eigenvalue weighted by Crippen LogP contribution is 2.35. The fourth-order valence-corrected chi connectivity index (χ4v) is 6.03. The molecule has 0 bridgehead atoms. The number of rotatable bonds is 6. The standard InChI is InChI=1S/C29H39N3O3/c1-34-26-10-11-28(35-2)27(19-26)23-8-9-24-20-30(13-12-22(24)18-23)21-29(33)32-16-14-31(15-17-32)25-6-4-3-5-7-25/h8-11,18-19,25H,3-7,12-17,20-21H2,1-2H3. The molecule has 0 atom stereocenters. The number of amides is 1. The molecule has 6 heteroatoms. The molecule has 1 amide bonds. The van der Waals surface area contributed by atoms with Gasteiger partial charge < -0.3 is 14.4 Å². The van der Waals surface area contributed by atoms with Gasteiger partial charge >= 0.3 is 0 Å². The van der Waals surface area contributed by atoms with Crippen LogP contribution in [-0.2, 0) is 17.8 Å². The summed E-state index contributed by atoms with van der Waals surface area (Å²) in [4.78, 5) is 20.1. The molecule has 6 nitrogen and oxygen atoms in total. The Morgan fingerprint density at radius 3 is 2.43 bits per heavy atom. The highest BCUT2D eigenvalue weighted by atomic mass is 16.5. The summed E-state index contributed by atoms with van der Waals surface area (Å²) in [7, 11) is 3.39. The van der Waals surface area contributed by atoms with Gasteiger partial charge in [0.25, 0.3) is 0 Å². The zero-order valence-electron chi connectivity index (χ0n) is 21.3. The molecule has 188 valence electrons. The first kappa shape index (κ1) is 24.1. The normalized spacial score (nSPS) is 19.9. The zero-order valence-corrected chi connectivity index (χ0v) is 21.3. The Morgan fingerprint density at radius 2 is 1.69 bits per heavy atom. The van der Waals surface area contributed by atoms with Crippen molar-refractivity contribution in [3.05, 3.63) is 47.5 Å². The highest BCUT2D eigenvalue weighted by molar-refractivity contribution is 5.78. The minimum Gasteiger partial charge on any atom is -0.497 e.